The second-order valence-electron chi connectivity index (χ2n) is 6.33. The highest BCUT2D eigenvalue weighted by Gasteiger charge is 2.31. The monoisotopic (exact) mass is 338 g/mol. The van der Waals surface area contributed by atoms with Crippen molar-refractivity contribution in [2.45, 2.75) is 39.5 Å². The van der Waals surface area contributed by atoms with E-state index in [1.807, 2.05) is 24.3 Å². The fourth-order valence-corrected chi connectivity index (χ4v) is 4.12. The molecule has 1 aromatic rings. The van der Waals surface area contributed by atoms with Gasteiger partial charge in [-0.3, -0.25) is 4.79 Å². The number of carbonyl (C=O) groups is 1. The molecule has 1 fully saturated rings. The number of anilines is 1. The molecule has 1 aromatic carbocycles. The molecule has 1 N–H and O–H groups in total. The van der Waals surface area contributed by atoms with Crippen molar-refractivity contribution in [2.24, 2.45) is 5.92 Å². The second kappa shape index (κ2) is 7.45. The van der Waals surface area contributed by atoms with Gasteiger partial charge in [-0.2, -0.15) is 0 Å². The van der Waals surface area contributed by atoms with Gasteiger partial charge in [0, 0.05) is 18.8 Å². The number of rotatable bonds is 5. The standard InChI is InChI=1S/C17H26N2O3S/c1-4-23(21,22)19-11-7-8-14(12-19)17(20)18-16-10-6-5-9-15(16)13(2)3/h5-6,9-10,13-14H,4,7-8,11-12H2,1-3H3,(H,18,20). The molecular formula is C17H26N2O3S. The number of hydrogen-bond acceptors (Lipinski definition) is 3. The number of sulfonamides is 1. The fraction of sp³-hybridized carbons (Fsp3) is 0.588. The Bertz CT molecular complexity index is 656. The first kappa shape index (κ1) is 17.9. The summed E-state index contributed by atoms with van der Waals surface area (Å²) in [5.74, 6) is 0.0200. The number of amides is 1. The van der Waals surface area contributed by atoms with Crippen LogP contribution in [0.3, 0.4) is 0 Å². The molecule has 2 rings (SSSR count). The molecule has 23 heavy (non-hydrogen) atoms. The Balaban J connectivity index is 2.09. The highest BCUT2D eigenvalue weighted by Crippen LogP contribution is 2.26. The number of para-hydroxylation sites is 1. The third kappa shape index (κ3) is 4.32. The lowest BCUT2D eigenvalue weighted by Crippen LogP contribution is -2.44. The minimum Gasteiger partial charge on any atom is -0.326 e. The van der Waals surface area contributed by atoms with Crippen molar-refractivity contribution in [2.75, 3.05) is 24.2 Å². The van der Waals surface area contributed by atoms with Crippen molar-refractivity contribution in [1.29, 1.82) is 0 Å². The van der Waals surface area contributed by atoms with Gasteiger partial charge >= 0.3 is 0 Å². The average molecular weight is 338 g/mol. The highest BCUT2D eigenvalue weighted by molar-refractivity contribution is 7.89. The molecule has 1 aliphatic rings. The van der Waals surface area contributed by atoms with Crippen LogP contribution in [0.25, 0.3) is 0 Å². The molecule has 0 bridgehead atoms. The van der Waals surface area contributed by atoms with Gasteiger partial charge in [0.05, 0.1) is 11.7 Å². The first-order valence-electron chi connectivity index (χ1n) is 8.22. The Morgan fingerprint density at radius 1 is 1.35 bits per heavy atom. The summed E-state index contributed by atoms with van der Waals surface area (Å²) in [4.78, 5) is 12.6. The molecule has 128 valence electrons. The van der Waals surface area contributed by atoms with E-state index < -0.39 is 10.0 Å². The molecule has 0 aliphatic carbocycles. The van der Waals surface area contributed by atoms with Crippen molar-refractivity contribution in [3.63, 3.8) is 0 Å². The summed E-state index contributed by atoms with van der Waals surface area (Å²) in [7, 11) is -3.23. The zero-order chi connectivity index (χ0) is 17.0. The average Bonchev–Trinajstić information content (AvgIpc) is 2.55. The van der Waals surface area contributed by atoms with E-state index in [0.29, 0.717) is 12.5 Å². The van der Waals surface area contributed by atoms with E-state index in [0.717, 1.165) is 24.1 Å². The molecule has 6 heteroatoms. The molecule has 1 amide bonds. The van der Waals surface area contributed by atoms with Crippen molar-refractivity contribution in [3.05, 3.63) is 29.8 Å². The molecule has 1 unspecified atom stereocenters. The maximum atomic E-state index is 12.6. The van der Waals surface area contributed by atoms with E-state index in [2.05, 4.69) is 19.2 Å². The molecule has 1 atom stereocenters. The van der Waals surface area contributed by atoms with E-state index in [1.54, 1.807) is 6.92 Å². The van der Waals surface area contributed by atoms with Crippen LogP contribution in [-0.2, 0) is 14.8 Å². The summed E-state index contributed by atoms with van der Waals surface area (Å²) in [6, 6.07) is 7.77. The van der Waals surface area contributed by atoms with E-state index in [9.17, 15) is 13.2 Å². The van der Waals surface area contributed by atoms with Crippen molar-refractivity contribution in [1.82, 2.24) is 4.31 Å². The third-order valence-electron chi connectivity index (χ3n) is 4.35. The zero-order valence-electron chi connectivity index (χ0n) is 14.1. The van der Waals surface area contributed by atoms with E-state index in [-0.39, 0.29) is 24.1 Å². The Hall–Kier alpha value is -1.40. The van der Waals surface area contributed by atoms with Gasteiger partial charge < -0.3 is 5.32 Å². The molecule has 1 saturated heterocycles. The lowest BCUT2D eigenvalue weighted by atomic mass is 9.97. The predicted molar refractivity (Wildman–Crippen MR) is 92.9 cm³/mol. The molecule has 1 aliphatic heterocycles. The Morgan fingerprint density at radius 3 is 2.70 bits per heavy atom. The van der Waals surface area contributed by atoms with Crippen molar-refractivity contribution >= 4 is 21.6 Å². The molecular weight excluding hydrogens is 312 g/mol. The van der Waals surface area contributed by atoms with Crippen LogP contribution in [-0.4, -0.2) is 37.5 Å². The molecule has 1 heterocycles. The Morgan fingerprint density at radius 2 is 2.04 bits per heavy atom. The maximum Gasteiger partial charge on any atom is 0.228 e. The van der Waals surface area contributed by atoms with Crippen LogP contribution in [0, 0.1) is 5.92 Å². The van der Waals surface area contributed by atoms with Crippen molar-refractivity contribution in [3.8, 4) is 0 Å². The summed E-state index contributed by atoms with van der Waals surface area (Å²) >= 11 is 0. The number of nitrogens with zero attached hydrogens (tertiary/aromatic N) is 1. The largest absolute Gasteiger partial charge is 0.326 e. The van der Waals surface area contributed by atoms with Crippen LogP contribution in [0.2, 0.25) is 0 Å². The minimum atomic E-state index is -3.23. The normalized spacial score (nSPS) is 19.7. The number of carbonyl (C=O) groups excluding carboxylic acids is 1. The molecule has 0 saturated carbocycles. The van der Waals surface area contributed by atoms with Gasteiger partial charge in [-0.05, 0) is 37.3 Å². The van der Waals surface area contributed by atoms with E-state index >= 15 is 0 Å². The van der Waals surface area contributed by atoms with Gasteiger partial charge in [0.15, 0.2) is 0 Å². The maximum absolute atomic E-state index is 12.6. The number of benzene rings is 1. The highest BCUT2D eigenvalue weighted by atomic mass is 32.2. The van der Waals surface area contributed by atoms with Crippen LogP contribution in [0.1, 0.15) is 45.1 Å². The zero-order valence-corrected chi connectivity index (χ0v) is 14.9. The second-order valence-corrected chi connectivity index (χ2v) is 8.59. The van der Waals surface area contributed by atoms with Gasteiger partial charge in [-0.1, -0.05) is 32.0 Å². The van der Waals surface area contributed by atoms with Crippen LogP contribution in [0.5, 0.6) is 0 Å². The van der Waals surface area contributed by atoms with Gasteiger partial charge in [-0.15, -0.1) is 0 Å². The van der Waals surface area contributed by atoms with Crippen LogP contribution in [0.4, 0.5) is 5.69 Å². The molecule has 5 nitrogen and oxygen atoms in total. The topological polar surface area (TPSA) is 66.5 Å². The Labute approximate surface area is 139 Å². The summed E-state index contributed by atoms with van der Waals surface area (Å²) in [5, 5.41) is 2.99. The molecule has 0 spiro atoms. The lowest BCUT2D eigenvalue weighted by molar-refractivity contribution is -0.120. The summed E-state index contributed by atoms with van der Waals surface area (Å²) in [5.41, 5.74) is 1.91. The lowest BCUT2D eigenvalue weighted by Gasteiger charge is -2.31. The van der Waals surface area contributed by atoms with Gasteiger partial charge in [0.1, 0.15) is 0 Å². The summed E-state index contributed by atoms with van der Waals surface area (Å²) in [6.45, 7) is 6.61. The number of nitrogens with one attached hydrogen (secondary N) is 1. The fourth-order valence-electron chi connectivity index (χ4n) is 2.94. The predicted octanol–water partition coefficient (Wildman–Crippen LogP) is 2.81. The third-order valence-corrected chi connectivity index (χ3v) is 6.20. The van der Waals surface area contributed by atoms with Crippen LogP contribution in [0.15, 0.2) is 24.3 Å². The van der Waals surface area contributed by atoms with Gasteiger partial charge in [0.2, 0.25) is 15.9 Å². The SMILES string of the molecule is CCS(=O)(=O)N1CCCC(C(=O)Nc2ccccc2C(C)C)C1. The van der Waals surface area contributed by atoms with E-state index in [4.69, 9.17) is 0 Å². The minimum absolute atomic E-state index is 0.0809. The smallest absolute Gasteiger partial charge is 0.228 e. The van der Waals surface area contributed by atoms with E-state index in [1.165, 1.54) is 4.31 Å². The van der Waals surface area contributed by atoms with Crippen LogP contribution >= 0.6 is 0 Å². The van der Waals surface area contributed by atoms with Crippen molar-refractivity contribution < 1.29 is 13.2 Å². The first-order chi connectivity index (χ1) is 10.8. The molecule has 0 radical (unpaired) electrons. The first-order valence-corrected chi connectivity index (χ1v) is 9.83. The van der Waals surface area contributed by atoms with Gasteiger partial charge in [-0.25, -0.2) is 12.7 Å². The Kier molecular flexibility index (Phi) is 5.81. The van der Waals surface area contributed by atoms with Crippen LogP contribution < -0.4 is 5.32 Å². The summed E-state index contributed by atoms with van der Waals surface area (Å²) in [6.07, 6.45) is 1.45. The van der Waals surface area contributed by atoms with Gasteiger partial charge in [0.25, 0.3) is 0 Å². The quantitative estimate of drug-likeness (QED) is 0.898. The number of hydrogen-bond donors (Lipinski definition) is 1. The number of piperidine rings is 1. The summed E-state index contributed by atoms with van der Waals surface area (Å²) < 4.78 is 25.5. The molecule has 0 aromatic heterocycles.